The van der Waals surface area contributed by atoms with Gasteiger partial charge >= 0.3 is 0 Å². The fourth-order valence-corrected chi connectivity index (χ4v) is 3.68. The largest absolute Gasteiger partial charge is 0.329 e. The Hall–Kier alpha value is -0.380. The van der Waals surface area contributed by atoms with E-state index in [0.29, 0.717) is 18.1 Å². The molecule has 2 nitrogen and oxygen atoms in total. The minimum absolute atomic E-state index is 0.497. The van der Waals surface area contributed by atoms with Crippen molar-refractivity contribution in [3.8, 4) is 0 Å². The van der Waals surface area contributed by atoms with E-state index in [0.717, 1.165) is 17.4 Å². The van der Waals surface area contributed by atoms with E-state index in [1.807, 2.05) is 0 Å². The molecule has 1 aromatic rings. The van der Waals surface area contributed by atoms with E-state index in [2.05, 4.69) is 58.9 Å². The molecule has 1 aromatic carbocycles. The predicted octanol–water partition coefficient (Wildman–Crippen LogP) is 4.10. The average molecular weight is 325 g/mol. The van der Waals surface area contributed by atoms with Gasteiger partial charge < -0.3 is 5.73 Å². The summed E-state index contributed by atoms with van der Waals surface area (Å²) in [6.45, 7) is 5.41. The first-order chi connectivity index (χ1) is 9.17. The van der Waals surface area contributed by atoms with Crippen LogP contribution in [-0.2, 0) is 0 Å². The third-order valence-corrected chi connectivity index (χ3v) is 4.89. The fraction of sp³-hybridized carbons (Fsp3) is 0.625. The standard InChI is InChI=1S/C16H25BrN2/c1-3-16(13-7-9-14(17)10-8-13)19-12(2)5-4-6-15(19)11-18/h7-10,12,15-16H,3-6,11,18H2,1-2H3. The van der Waals surface area contributed by atoms with E-state index in [-0.39, 0.29) is 0 Å². The second kappa shape index (κ2) is 6.87. The fourth-order valence-electron chi connectivity index (χ4n) is 3.41. The highest BCUT2D eigenvalue weighted by molar-refractivity contribution is 9.10. The number of hydrogen-bond donors (Lipinski definition) is 1. The van der Waals surface area contributed by atoms with Gasteiger partial charge in [-0.05, 0) is 43.9 Å². The topological polar surface area (TPSA) is 29.3 Å². The third kappa shape index (κ3) is 3.39. The van der Waals surface area contributed by atoms with Crippen molar-refractivity contribution in [1.82, 2.24) is 4.90 Å². The molecule has 1 heterocycles. The minimum atomic E-state index is 0.497. The van der Waals surface area contributed by atoms with Crippen molar-refractivity contribution >= 4 is 15.9 Å². The molecule has 0 bridgehead atoms. The van der Waals surface area contributed by atoms with Gasteiger partial charge in [-0.25, -0.2) is 0 Å². The molecule has 1 aliphatic rings. The second-order valence-corrected chi connectivity index (χ2v) is 6.51. The molecule has 0 radical (unpaired) electrons. The number of likely N-dealkylation sites (tertiary alicyclic amines) is 1. The molecule has 19 heavy (non-hydrogen) atoms. The Balaban J connectivity index is 2.25. The smallest absolute Gasteiger partial charge is 0.0351 e. The van der Waals surface area contributed by atoms with Crippen molar-refractivity contribution in [3.05, 3.63) is 34.3 Å². The van der Waals surface area contributed by atoms with Gasteiger partial charge in [-0.15, -0.1) is 0 Å². The monoisotopic (exact) mass is 324 g/mol. The zero-order chi connectivity index (χ0) is 13.8. The molecule has 0 amide bonds. The highest BCUT2D eigenvalue weighted by atomic mass is 79.9. The summed E-state index contributed by atoms with van der Waals surface area (Å²) in [5.74, 6) is 0. The summed E-state index contributed by atoms with van der Waals surface area (Å²) in [6, 6.07) is 10.4. The number of rotatable bonds is 4. The quantitative estimate of drug-likeness (QED) is 0.903. The summed E-state index contributed by atoms with van der Waals surface area (Å²) in [7, 11) is 0. The van der Waals surface area contributed by atoms with Crippen LogP contribution in [0.2, 0.25) is 0 Å². The molecule has 0 aromatic heterocycles. The maximum absolute atomic E-state index is 6.00. The van der Waals surface area contributed by atoms with Gasteiger partial charge in [0.15, 0.2) is 0 Å². The average Bonchev–Trinajstić information content (AvgIpc) is 2.43. The summed E-state index contributed by atoms with van der Waals surface area (Å²) >= 11 is 3.52. The van der Waals surface area contributed by atoms with Crippen LogP contribution < -0.4 is 5.73 Å². The second-order valence-electron chi connectivity index (χ2n) is 5.59. The van der Waals surface area contributed by atoms with Gasteiger partial charge in [0, 0.05) is 29.1 Å². The summed E-state index contributed by atoms with van der Waals surface area (Å²) in [4.78, 5) is 2.66. The maximum atomic E-state index is 6.00. The number of halogens is 1. The molecule has 3 unspecified atom stereocenters. The van der Waals surface area contributed by atoms with Crippen LogP contribution in [0.3, 0.4) is 0 Å². The van der Waals surface area contributed by atoms with E-state index >= 15 is 0 Å². The summed E-state index contributed by atoms with van der Waals surface area (Å²) in [6.07, 6.45) is 5.00. The van der Waals surface area contributed by atoms with E-state index < -0.39 is 0 Å². The van der Waals surface area contributed by atoms with Gasteiger partial charge in [0.2, 0.25) is 0 Å². The van der Waals surface area contributed by atoms with Gasteiger partial charge in [0.1, 0.15) is 0 Å². The van der Waals surface area contributed by atoms with Gasteiger partial charge in [-0.2, -0.15) is 0 Å². The van der Waals surface area contributed by atoms with E-state index in [1.54, 1.807) is 0 Å². The van der Waals surface area contributed by atoms with Crippen molar-refractivity contribution in [1.29, 1.82) is 0 Å². The van der Waals surface area contributed by atoms with Crippen LogP contribution in [0.1, 0.15) is 51.1 Å². The lowest BCUT2D eigenvalue weighted by Gasteiger charge is -2.45. The first-order valence-corrected chi connectivity index (χ1v) is 8.19. The lowest BCUT2D eigenvalue weighted by atomic mass is 9.91. The van der Waals surface area contributed by atoms with Crippen LogP contribution >= 0.6 is 15.9 Å². The lowest BCUT2D eigenvalue weighted by Crippen LogP contribution is -2.50. The van der Waals surface area contributed by atoms with Gasteiger partial charge in [-0.3, -0.25) is 4.90 Å². The molecule has 1 saturated heterocycles. The minimum Gasteiger partial charge on any atom is -0.329 e. The van der Waals surface area contributed by atoms with Gasteiger partial charge in [0.05, 0.1) is 0 Å². The number of nitrogens with zero attached hydrogens (tertiary/aromatic N) is 1. The summed E-state index contributed by atoms with van der Waals surface area (Å²) in [5, 5.41) is 0. The lowest BCUT2D eigenvalue weighted by molar-refractivity contribution is 0.0472. The summed E-state index contributed by atoms with van der Waals surface area (Å²) < 4.78 is 1.15. The van der Waals surface area contributed by atoms with Gasteiger partial charge in [0.25, 0.3) is 0 Å². The SMILES string of the molecule is CCC(c1ccc(Br)cc1)N1C(C)CCCC1CN. The van der Waals surface area contributed by atoms with Crippen molar-refractivity contribution in [2.45, 2.75) is 57.7 Å². The molecule has 0 aliphatic carbocycles. The van der Waals surface area contributed by atoms with Crippen LogP contribution in [0.25, 0.3) is 0 Å². The van der Waals surface area contributed by atoms with Crippen molar-refractivity contribution in [3.63, 3.8) is 0 Å². The Labute approximate surface area is 125 Å². The molecule has 0 saturated carbocycles. The molecule has 3 atom stereocenters. The molecular weight excluding hydrogens is 300 g/mol. The Morgan fingerprint density at radius 3 is 2.58 bits per heavy atom. The van der Waals surface area contributed by atoms with Crippen molar-refractivity contribution in [2.24, 2.45) is 5.73 Å². The first kappa shape index (κ1) is 15.0. The Kier molecular flexibility index (Phi) is 5.43. The molecular formula is C16H25BrN2. The summed E-state index contributed by atoms with van der Waals surface area (Å²) in [5.41, 5.74) is 7.42. The molecule has 2 N–H and O–H groups in total. The number of hydrogen-bond acceptors (Lipinski definition) is 2. The Morgan fingerprint density at radius 1 is 1.32 bits per heavy atom. The highest BCUT2D eigenvalue weighted by Crippen LogP contribution is 2.34. The van der Waals surface area contributed by atoms with Crippen molar-refractivity contribution < 1.29 is 0 Å². The number of benzene rings is 1. The van der Waals surface area contributed by atoms with Crippen LogP contribution in [0.5, 0.6) is 0 Å². The van der Waals surface area contributed by atoms with Crippen LogP contribution in [-0.4, -0.2) is 23.5 Å². The zero-order valence-electron chi connectivity index (χ0n) is 12.0. The molecule has 0 spiro atoms. The van der Waals surface area contributed by atoms with E-state index in [1.165, 1.54) is 24.8 Å². The van der Waals surface area contributed by atoms with Crippen molar-refractivity contribution in [2.75, 3.05) is 6.54 Å². The Bertz CT molecular complexity index is 390. The van der Waals surface area contributed by atoms with Crippen LogP contribution in [0.15, 0.2) is 28.7 Å². The molecule has 1 aliphatic heterocycles. The maximum Gasteiger partial charge on any atom is 0.0351 e. The number of piperidine rings is 1. The number of nitrogens with two attached hydrogens (primary N) is 1. The third-order valence-electron chi connectivity index (χ3n) is 4.36. The van der Waals surface area contributed by atoms with Crippen LogP contribution in [0.4, 0.5) is 0 Å². The molecule has 106 valence electrons. The van der Waals surface area contributed by atoms with Gasteiger partial charge in [-0.1, -0.05) is 41.4 Å². The van der Waals surface area contributed by atoms with E-state index in [4.69, 9.17) is 5.73 Å². The van der Waals surface area contributed by atoms with Crippen LogP contribution in [0, 0.1) is 0 Å². The van der Waals surface area contributed by atoms with E-state index in [9.17, 15) is 0 Å². The predicted molar refractivity (Wildman–Crippen MR) is 85.2 cm³/mol. The highest BCUT2D eigenvalue weighted by Gasteiger charge is 2.32. The first-order valence-electron chi connectivity index (χ1n) is 7.40. The molecule has 1 fully saturated rings. The Morgan fingerprint density at radius 2 is 2.00 bits per heavy atom. The molecule has 2 rings (SSSR count). The molecule has 3 heteroatoms. The zero-order valence-corrected chi connectivity index (χ0v) is 13.6. The normalized spacial score (nSPS) is 26.3.